The zero-order valence-electron chi connectivity index (χ0n) is 14.3. The summed E-state index contributed by atoms with van der Waals surface area (Å²) in [7, 11) is 0. The summed E-state index contributed by atoms with van der Waals surface area (Å²) in [6, 6.07) is 13.7. The molecule has 0 aromatic heterocycles. The van der Waals surface area contributed by atoms with Crippen LogP contribution in [0.1, 0.15) is 41.5 Å². The molecule has 0 aliphatic carbocycles. The largest absolute Gasteiger partial charge is 0.506 e. The third kappa shape index (κ3) is 4.68. The van der Waals surface area contributed by atoms with Crippen molar-refractivity contribution in [3.63, 3.8) is 0 Å². The summed E-state index contributed by atoms with van der Waals surface area (Å²) in [5.74, 6) is -0.484. The predicted molar refractivity (Wildman–Crippen MR) is 96.0 cm³/mol. The van der Waals surface area contributed by atoms with Gasteiger partial charge in [-0.1, -0.05) is 36.4 Å². The van der Waals surface area contributed by atoms with Crippen LogP contribution in [0.15, 0.2) is 48.5 Å². The third-order valence-corrected chi connectivity index (χ3v) is 4.07. The summed E-state index contributed by atoms with van der Waals surface area (Å²) in [5.41, 5.74) is 1.58. The van der Waals surface area contributed by atoms with Crippen LogP contribution in [0.2, 0.25) is 0 Å². The molecule has 2 aromatic carbocycles. The lowest BCUT2D eigenvalue weighted by Gasteiger charge is -2.24. The van der Waals surface area contributed by atoms with Crippen molar-refractivity contribution in [1.29, 1.82) is 0 Å². The number of nitrogens with one attached hydrogen (secondary N) is 1. The summed E-state index contributed by atoms with van der Waals surface area (Å²) >= 11 is 0. The molecule has 3 rings (SSSR count). The number of benzene rings is 2. The van der Waals surface area contributed by atoms with Gasteiger partial charge in [-0.25, -0.2) is 0 Å². The highest BCUT2D eigenvalue weighted by Crippen LogP contribution is 2.30. The van der Waals surface area contributed by atoms with Gasteiger partial charge in [-0.15, -0.1) is 0 Å². The first kappa shape index (κ1) is 18.1. The fraction of sp³-hybridized carbons (Fsp3) is 0.300. The molecule has 0 saturated carbocycles. The van der Waals surface area contributed by atoms with Gasteiger partial charge in [0.2, 0.25) is 5.91 Å². The number of hydrogen-bond acceptors (Lipinski definition) is 5. The molecular formula is C20H21NO5. The minimum Gasteiger partial charge on any atom is -0.506 e. The first-order valence-corrected chi connectivity index (χ1v) is 8.58. The van der Waals surface area contributed by atoms with Gasteiger partial charge in [0.25, 0.3) is 0 Å². The highest BCUT2D eigenvalue weighted by Gasteiger charge is 2.18. The molecule has 1 aliphatic heterocycles. The zero-order chi connectivity index (χ0) is 18.4. The van der Waals surface area contributed by atoms with Crippen LogP contribution in [0.5, 0.6) is 5.75 Å². The Hall–Kier alpha value is -2.70. The quantitative estimate of drug-likeness (QED) is 0.612. The average Bonchev–Trinajstić information content (AvgIpc) is 2.69. The van der Waals surface area contributed by atoms with Crippen LogP contribution in [0.3, 0.4) is 0 Å². The van der Waals surface area contributed by atoms with E-state index in [-0.39, 0.29) is 36.0 Å². The van der Waals surface area contributed by atoms with Crippen LogP contribution in [0.25, 0.3) is 0 Å². The number of phenols is 1. The minimum absolute atomic E-state index is 0.0355. The van der Waals surface area contributed by atoms with Crippen LogP contribution in [-0.2, 0) is 14.3 Å². The Morgan fingerprint density at radius 3 is 2.50 bits per heavy atom. The van der Waals surface area contributed by atoms with Crippen LogP contribution >= 0.6 is 0 Å². The molecule has 0 radical (unpaired) electrons. The number of carbonyl (C=O) groups is 2. The number of amides is 1. The van der Waals surface area contributed by atoms with Crippen molar-refractivity contribution in [1.82, 2.24) is 0 Å². The number of ketones is 1. The predicted octanol–water partition coefficient (Wildman–Crippen LogP) is 3.43. The minimum atomic E-state index is -0.500. The van der Waals surface area contributed by atoms with E-state index < -0.39 is 6.29 Å². The first-order valence-electron chi connectivity index (χ1n) is 8.58. The van der Waals surface area contributed by atoms with E-state index in [4.69, 9.17) is 9.47 Å². The van der Waals surface area contributed by atoms with Crippen LogP contribution in [-0.4, -0.2) is 30.0 Å². The van der Waals surface area contributed by atoms with E-state index in [1.165, 1.54) is 6.07 Å². The maximum Gasteiger partial charge on any atom is 0.224 e. The average molecular weight is 355 g/mol. The molecular weight excluding hydrogens is 334 g/mol. The topological polar surface area (TPSA) is 84.9 Å². The van der Waals surface area contributed by atoms with E-state index in [0.29, 0.717) is 18.8 Å². The Balaban J connectivity index is 1.59. The molecule has 1 saturated heterocycles. The molecule has 1 aliphatic rings. The Morgan fingerprint density at radius 1 is 1.04 bits per heavy atom. The normalized spacial score (nSPS) is 14.8. The smallest absolute Gasteiger partial charge is 0.224 e. The van der Waals surface area contributed by atoms with Gasteiger partial charge in [-0.05, 0) is 18.6 Å². The molecule has 0 bridgehead atoms. The zero-order valence-corrected chi connectivity index (χ0v) is 14.3. The number of phenolic OH excluding ortho intramolecular Hbond substituents is 1. The van der Waals surface area contributed by atoms with E-state index in [1.807, 2.05) is 6.07 Å². The standard InChI is InChI=1S/C20H21NO5/c22-17(14-5-2-1-3-6-14)9-10-19(24)21-16-13-15(7-8-18(16)23)20-25-11-4-12-26-20/h1-3,5-8,13,20,23H,4,9-12H2,(H,21,24). The molecule has 0 atom stereocenters. The monoisotopic (exact) mass is 355 g/mol. The molecule has 1 heterocycles. The van der Waals surface area contributed by atoms with E-state index in [0.717, 1.165) is 12.0 Å². The summed E-state index contributed by atoms with van der Waals surface area (Å²) < 4.78 is 11.1. The number of ether oxygens (including phenoxy) is 2. The molecule has 1 fully saturated rings. The van der Waals surface area contributed by atoms with Crippen molar-refractivity contribution < 1.29 is 24.2 Å². The summed E-state index contributed by atoms with van der Waals surface area (Å²) in [6.07, 6.45) is 0.478. The number of Topliss-reactive ketones (excluding diaryl/α,β-unsaturated/α-hetero) is 1. The molecule has 6 heteroatoms. The summed E-state index contributed by atoms with van der Waals surface area (Å²) in [5, 5.41) is 12.6. The van der Waals surface area contributed by atoms with Crippen molar-refractivity contribution in [3.8, 4) is 5.75 Å². The lowest BCUT2D eigenvalue weighted by Crippen LogP contribution is -2.18. The van der Waals surface area contributed by atoms with Gasteiger partial charge < -0.3 is 19.9 Å². The van der Waals surface area contributed by atoms with Gasteiger partial charge in [-0.2, -0.15) is 0 Å². The number of rotatable bonds is 6. The number of carbonyl (C=O) groups excluding carboxylic acids is 2. The Bertz CT molecular complexity index is 769. The molecule has 0 spiro atoms. The van der Waals surface area contributed by atoms with E-state index in [1.54, 1.807) is 36.4 Å². The van der Waals surface area contributed by atoms with Crippen molar-refractivity contribution in [2.45, 2.75) is 25.6 Å². The first-order chi connectivity index (χ1) is 12.6. The number of hydrogen-bond donors (Lipinski definition) is 2. The van der Waals surface area contributed by atoms with Crippen molar-refractivity contribution in [2.24, 2.45) is 0 Å². The molecule has 0 unspecified atom stereocenters. The van der Waals surface area contributed by atoms with E-state index >= 15 is 0 Å². The third-order valence-electron chi connectivity index (χ3n) is 4.07. The Morgan fingerprint density at radius 2 is 1.77 bits per heavy atom. The number of aromatic hydroxyl groups is 1. The second-order valence-corrected chi connectivity index (χ2v) is 6.04. The number of anilines is 1. The van der Waals surface area contributed by atoms with Gasteiger partial charge in [0.1, 0.15) is 5.75 Å². The molecule has 6 nitrogen and oxygen atoms in total. The molecule has 2 N–H and O–H groups in total. The van der Waals surface area contributed by atoms with E-state index in [2.05, 4.69) is 5.32 Å². The van der Waals surface area contributed by atoms with Gasteiger partial charge in [0.05, 0.1) is 18.9 Å². The van der Waals surface area contributed by atoms with Gasteiger partial charge in [-0.3, -0.25) is 9.59 Å². The highest BCUT2D eigenvalue weighted by atomic mass is 16.7. The van der Waals surface area contributed by atoms with E-state index in [9.17, 15) is 14.7 Å². The summed E-state index contributed by atoms with van der Waals surface area (Å²) in [4.78, 5) is 24.2. The molecule has 1 amide bonds. The second-order valence-electron chi connectivity index (χ2n) is 6.04. The van der Waals surface area contributed by atoms with Gasteiger partial charge in [0, 0.05) is 24.0 Å². The van der Waals surface area contributed by atoms with Crippen molar-refractivity contribution >= 4 is 17.4 Å². The fourth-order valence-corrected chi connectivity index (χ4v) is 2.69. The highest BCUT2D eigenvalue weighted by molar-refractivity contribution is 6.00. The lowest BCUT2D eigenvalue weighted by molar-refractivity contribution is -0.183. The van der Waals surface area contributed by atoms with Crippen LogP contribution in [0.4, 0.5) is 5.69 Å². The maximum absolute atomic E-state index is 12.2. The van der Waals surface area contributed by atoms with Gasteiger partial charge >= 0.3 is 0 Å². The SMILES string of the molecule is O=C(CCC(=O)c1ccccc1)Nc1cc(C2OCCCO2)ccc1O. The Labute approximate surface area is 151 Å². The van der Waals surface area contributed by atoms with Crippen molar-refractivity contribution in [3.05, 3.63) is 59.7 Å². The molecule has 2 aromatic rings. The van der Waals surface area contributed by atoms with Crippen LogP contribution < -0.4 is 5.32 Å². The molecule has 26 heavy (non-hydrogen) atoms. The van der Waals surface area contributed by atoms with Crippen molar-refractivity contribution in [2.75, 3.05) is 18.5 Å². The Kier molecular flexibility index (Phi) is 5.99. The lowest BCUT2D eigenvalue weighted by atomic mass is 10.1. The van der Waals surface area contributed by atoms with Crippen LogP contribution in [0, 0.1) is 0 Å². The van der Waals surface area contributed by atoms with Gasteiger partial charge in [0.15, 0.2) is 12.1 Å². The second kappa shape index (κ2) is 8.60. The summed E-state index contributed by atoms with van der Waals surface area (Å²) in [6.45, 7) is 1.21. The molecule has 136 valence electrons. The fourth-order valence-electron chi connectivity index (χ4n) is 2.69. The maximum atomic E-state index is 12.2.